The normalized spacial score (nSPS) is 18.6. The van der Waals surface area contributed by atoms with E-state index in [1.165, 1.54) is 0 Å². The van der Waals surface area contributed by atoms with E-state index in [-0.39, 0.29) is 30.1 Å². The third kappa shape index (κ3) is 4.16. The van der Waals surface area contributed by atoms with Crippen LogP contribution >= 0.6 is 0 Å². The Morgan fingerprint density at radius 2 is 1.48 bits per heavy atom. The van der Waals surface area contributed by atoms with Gasteiger partial charge in [-0.2, -0.15) is 0 Å². The molecule has 4 rings (SSSR count). The molecule has 150 valence electrons. The molecule has 1 aliphatic carbocycles. The number of amides is 3. The second-order valence-corrected chi connectivity index (χ2v) is 7.95. The molecule has 2 N–H and O–H groups in total. The minimum Gasteiger partial charge on any atom is -0.326 e. The number of carbonyl (C=O) groups excluding carboxylic acids is 3. The molecule has 3 amide bonds. The number of benzene rings is 2. The molecule has 2 aromatic rings. The van der Waals surface area contributed by atoms with E-state index in [0.29, 0.717) is 12.2 Å². The summed E-state index contributed by atoms with van der Waals surface area (Å²) in [7, 11) is 0. The molecule has 2 aromatic carbocycles. The van der Waals surface area contributed by atoms with Gasteiger partial charge in [0.2, 0.25) is 17.7 Å². The minimum absolute atomic E-state index is 0.0306. The van der Waals surface area contributed by atoms with Crippen LogP contribution in [0.4, 0.5) is 17.1 Å². The zero-order valence-corrected chi connectivity index (χ0v) is 16.7. The van der Waals surface area contributed by atoms with Crippen LogP contribution < -0.4 is 15.5 Å². The molecule has 0 spiro atoms. The highest BCUT2D eigenvalue weighted by molar-refractivity contribution is 6.04. The second-order valence-electron chi connectivity index (χ2n) is 7.95. The predicted molar refractivity (Wildman–Crippen MR) is 113 cm³/mol. The van der Waals surface area contributed by atoms with E-state index in [9.17, 15) is 14.4 Å². The van der Waals surface area contributed by atoms with Crippen LogP contribution in [0.1, 0.15) is 30.4 Å². The van der Waals surface area contributed by atoms with E-state index in [4.69, 9.17) is 0 Å². The van der Waals surface area contributed by atoms with E-state index in [1.54, 1.807) is 29.2 Å². The largest absolute Gasteiger partial charge is 0.326 e. The fourth-order valence-electron chi connectivity index (χ4n) is 3.62. The number of rotatable bonds is 5. The van der Waals surface area contributed by atoms with Crippen molar-refractivity contribution < 1.29 is 14.4 Å². The molecule has 6 nitrogen and oxygen atoms in total. The van der Waals surface area contributed by atoms with Gasteiger partial charge in [-0.3, -0.25) is 14.4 Å². The highest BCUT2D eigenvalue weighted by atomic mass is 16.2. The molecule has 0 aromatic heterocycles. The average molecular weight is 391 g/mol. The Labute approximate surface area is 170 Å². The third-order valence-electron chi connectivity index (χ3n) is 5.73. The van der Waals surface area contributed by atoms with Gasteiger partial charge < -0.3 is 15.5 Å². The topological polar surface area (TPSA) is 78.5 Å². The lowest BCUT2D eigenvalue weighted by Gasteiger charge is -2.20. The summed E-state index contributed by atoms with van der Waals surface area (Å²) in [6.07, 6.45) is 2.12. The maximum absolute atomic E-state index is 12.7. The Bertz CT molecular complexity index is 964. The standard InChI is InChI=1S/C23H25N3O3/c1-14-4-3-5-20(15(14)2)26-13-17(12-21(26)27)23(29)25-19-10-8-18(9-11-19)24-22(28)16-6-7-16/h3-5,8-11,16-17H,6-7,12-13H2,1-2H3,(H,24,28)(H,25,29). The van der Waals surface area contributed by atoms with Gasteiger partial charge in [-0.15, -0.1) is 0 Å². The van der Waals surface area contributed by atoms with Gasteiger partial charge in [0.15, 0.2) is 0 Å². The van der Waals surface area contributed by atoms with Gasteiger partial charge in [0, 0.05) is 35.9 Å². The molecule has 0 bridgehead atoms. The molecule has 1 saturated heterocycles. The zero-order valence-electron chi connectivity index (χ0n) is 16.7. The summed E-state index contributed by atoms with van der Waals surface area (Å²) in [6.45, 7) is 4.39. The first kappa shape index (κ1) is 19.2. The van der Waals surface area contributed by atoms with Crippen LogP contribution in [0.5, 0.6) is 0 Å². The first-order chi connectivity index (χ1) is 13.9. The van der Waals surface area contributed by atoms with Crippen LogP contribution in [0.15, 0.2) is 42.5 Å². The van der Waals surface area contributed by atoms with Crippen molar-refractivity contribution in [3.8, 4) is 0 Å². The van der Waals surface area contributed by atoms with Crippen LogP contribution in [-0.4, -0.2) is 24.3 Å². The van der Waals surface area contributed by atoms with E-state index < -0.39 is 5.92 Å². The first-order valence-corrected chi connectivity index (χ1v) is 10.0. The van der Waals surface area contributed by atoms with Crippen molar-refractivity contribution in [3.63, 3.8) is 0 Å². The molecule has 29 heavy (non-hydrogen) atoms. The van der Waals surface area contributed by atoms with E-state index in [1.807, 2.05) is 32.0 Å². The summed E-state index contributed by atoms with van der Waals surface area (Å²) in [4.78, 5) is 38.7. The Morgan fingerprint density at radius 3 is 2.07 bits per heavy atom. The SMILES string of the molecule is Cc1cccc(N2CC(C(=O)Nc3ccc(NC(=O)C4CC4)cc3)CC2=O)c1C. The second kappa shape index (κ2) is 7.70. The molecule has 2 aliphatic rings. The molecule has 1 aliphatic heterocycles. The van der Waals surface area contributed by atoms with Gasteiger partial charge in [-0.25, -0.2) is 0 Å². The van der Waals surface area contributed by atoms with Crippen LogP contribution in [0.3, 0.4) is 0 Å². The van der Waals surface area contributed by atoms with Gasteiger partial charge in [-0.05, 0) is 68.1 Å². The van der Waals surface area contributed by atoms with Gasteiger partial charge in [0.05, 0.1) is 5.92 Å². The summed E-state index contributed by atoms with van der Waals surface area (Å²) >= 11 is 0. The fourth-order valence-corrected chi connectivity index (χ4v) is 3.62. The maximum Gasteiger partial charge on any atom is 0.229 e. The smallest absolute Gasteiger partial charge is 0.229 e. The summed E-state index contributed by atoms with van der Waals surface area (Å²) in [5.74, 6) is -0.387. The van der Waals surface area contributed by atoms with E-state index in [0.717, 1.165) is 35.3 Å². The monoisotopic (exact) mass is 391 g/mol. The van der Waals surface area contributed by atoms with Crippen molar-refractivity contribution in [1.29, 1.82) is 0 Å². The quantitative estimate of drug-likeness (QED) is 0.817. The van der Waals surface area contributed by atoms with Crippen LogP contribution in [-0.2, 0) is 14.4 Å². The molecule has 1 unspecified atom stereocenters. The molecular weight excluding hydrogens is 366 g/mol. The number of hydrogen-bond donors (Lipinski definition) is 2. The van der Waals surface area contributed by atoms with Crippen molar-refractivity contribution >= 4 is 34.8 Å². The molecular formula is C23H25N3O3. The molecule has 2 fully saturated rings. The minimum atomic E-state index is -0.392. The fraction of sp³-hybridized carbons (Fsp3) is 0.348. The summed E-state index contributed by atoms with van der Waals surface area (Å²) < 4.78 is 0. The molecule has 0 radical (unpaired) electrons. The Balaban J connectivity index is 1.38. The lowest BCUT2D eigenvalue weighted by molar-refractivity contribution is -0.122. The average Bonchev–Trinajstić information content (AvgIpc) is 3.48. The highest BCUT2D eigenvalue weighted by Crippen LogP contribution is 2.31. The number of anilines is 3. The van der Waals surface area contributed by atoms with E-state index >= 15 is 0 Å². The zero-order chi connectivity index (χ0) is 20.5. The third-order valence-corrected chi connectivity index (χ3v) is 5.73. The number of nitrogens with zero attached hydrogens (tertiary/aromatic N) is 1. The molecule has 1 atom stereocenters. The lowest BCUT2D eigenvalue weighted by Crippen LogP contribution is -2.28. The molecule has 1 heterocycles. The number of carbonyl (C=O) groups is 3. The summed E-state index contributed by atoms with van der Waals surface area (Å²) in [5.41, 5.74) is 4.43. The summed E-state index contributed by atoms with van der Waals surface area (Å²) in [6, 6.07) is 13.0. The van der Waals surface area contributed by atoms with Crippen molar-refractivity contribution in [1.82, 2.24) is 0 Å². The molecule has 6 heteroatoms. The van der Waals surface area contributed by atoms with Crippen LogP contribution in [0, 0.1) is 25.7 Å². The Hall–Kier alpha value is -3.15. The maximum atomic E-state index is 12.7. The lowest BCUT2D eigenvalue weighted by atomic mass is 10.1. The van der Waals surface area contributed by atoms with Gasteiger partial charge in [0.1, 0.15) is 0 Å². The highest BCUT2D eigenvalue weighted by Gasteiger charge is 2.36. The van der Waals surface area contributed by atoms with Crippen LogP contribution in [0.25, 0.3) is 0 Å². The Morgan fingerprint density at radius 1 is 0.897 bits per heavy atom. The first-order valence-electron chi connectivity index (χ1n) is 10.0. The van der Waals surface area contributed by atoms with Crippen molar-refractivity contribution in [2.45, 2.75) is 33.1 Å². The summed E-state index contributed by atoms with van der Waals surface area (Å²) in [5, 5.41) is 5.76. The Kier molecular flexibility index (Phi) is 5.09. The predicted octanol–water partition coefficient (Wildman–Crippen LogP) is 3.64. The number of hydrogen-bond acceptors (Lipinski definition) is 3. The van der Waals surface area contributed by atoms with Gasteiger partial charge in [-0.1, -0.05) is 12.1 Å². The van der Waals surface area contributed by atoms with Crippen LogP contribution in [0.2, 0.25) is 0 Å². The van der Waals surface area contributed by atoms with Crippen molar-refractivity contribution in [3.05, 3.63) is 53.6 Å². The van der Waals surface area contributed by atoms with Gasteiger partial charge >= 0.3 is 0 Å². The van der Waals surface area contributed by atoms with Crippen molar-refractivity contribution in [2.24, 2.45) is 11.8 Å². The van der Waals surface area contributed by atoms with Crippen molar-refractivity contribution in [2.75, 3.05) is 22.1 Å². The van der Waals surface area contributed by atoms with E-state index in [2.05, 4.69) is 10.6 Å². The number of nitrogens with one attached hydrogen (secondary N) is 2. The van der Waals surface area contributed by atoms with Gasteiger partial charge in [0.25, 0.3) is 0 Å². The molecule has 1 saturated carbocycles. The number of aryl methyl sites for hydroxylation is 1.